The number of benzene rings is 1. The number of nitrogens with zero attached hydrogens (tertiary/aromatic N) is 1. The fraction of sp³-hybridized carbons (Fsp3) is 0.333. The average molecular weight is 234 g/mol. The zero-order chi connectivity index (χ0) is 11.5. The molecule has 0 bridgehead atoms. The normalized spacial score (nSPS) is 10.9. The minimum atomic E-state index is -0.110. The number of nitrogens with one attached hydrogen (secondary N) is 1. The summed E-state index contributed by atoms with van der Waals surface area (Å²) in [4.78, 5) is 10.9. The number of aromatic nitrogens is 2. The molecule has 0 aliphatic heterocycles. The summed E-state index contributed by atoms with van der Waals surface area (Å²) >= 11 is 1.14. The standard InChI is InChI=1S/C12H14N2OS/c1-8(2)7-9-3-5-10(6-4-9)11-13-14-12(15)16-11/h3-6,8H,7H2,1-2H3,(H,14,15). The molecule has 84 valence electrons. The first kappa shape index (κ1) is 11.1. The first-order valence-corrected chi connectivity index (χ1v) is 6.11. The quantitative estimate of drug-likeness (QED) is 0.887. The molecule has 0 saturated heterocycles. The molecule has 1 N–H and O–H groups in total. The Morgan fingerprint density at radius 3 is 2.50 bits per heavy atom. The molecule has 0 aliphatic carbocycles. The SMILES string of the molecule is CC(C)Cc1ccc(-c2n[nH]c(=O)s2)cc1. The number of H-pyrrole nitrogens is 1. The Kier molecular flexibility index (Phi) is 3.19. The molecule has 1 aromatic heterocycles. The lowest BCUT2D eigenvalue weighted by molar-refractivity contribution is 0.647. The highest BCUT2D eigenvalue weighted by atomic mass is 32.1. The van der Waals surface area contributed by atoms with E-state index in [0.717, 1.165) is 28.3 Å². The number of aromatic amines is 1. The second-order valence-electron chi connectivity index (χ2n) is 4.21. The summed E-state index contributed by atoms with van der Waals surface area (Å²) in [5.41, 5.74) is 2.32. The Balaban J connectivity index is 2.22. The van der Waals surface area contributed by atoms with Gasteiger partial charge in [0.25, 0.3) is 0 Å². The molecule has 3 nitrogen and oxygen atoms in total. The van der Waals surface area contributed by atoms with Crippen molar-refractivity contribution in [2.24, 2.45) is 5.92 Å². The van der Waals surface area contributed by atoms with Crippen LogP contribution in [-0.2, 0) is 6.42 Å². The summed E-state index contributed by atoms with van der Waals surface area (Å²) in [7, 11) is 0. The van der Waals surface area contributed by atoms with Gasteiger partial charge in [-0.15, -0.1) is 0 Å². The molecule has 4 heteroatoms. The van der Waals surface area contributed by atoms with Gasteiger partial charge in [-0.3, -0.25) is 4.79 Å². The topological polar surface area (TPSA) is 45.8 Å². The van der Waals surface area contributed by atoms with Gasteiger partial charge in [0.05, 0.1) is 0 Å². The molecule has 2 rings (SSSR count). The number of hydrogen-bond acceptors (Lipinski definition) is 3. The Hall–Kier alpha value is -1.42. The van der Waals surface area contributed by atoms with Crippen molar-refractivity contribution in [3.05, 3.63) is 39.5 Å². The van der Waals surface area contributed by atoms with E-state index < -0.39 is 0 Å². The Morgan fingerprint density at radius 2 is 2.00 bits per heavy atom. The summed E-state index contributed by atoms with van der Waals surface area (Å²) in [6.45, 7) is 4.40. The molecule has 0 saturated carbocycles. The van der Waals surface area contributed by atoms with Crippen molar-refractivity contribution in [3.8, 4) is 10.6 Å². The zero-order valence-electron chi connectivity index (χ0n) is 9.36. The Labute approximate surface area is 98.2 Å². The number of rotatable bonds is 3. The maximum Gasteiger partial charge on any atom is 0.322 e. The third kappa shape index (κ3) is 2.58. The van der Waals surface area contributed by atoms with Gasteiger partial charge in [-0.05, 0) is 17.9 Å². The van der Waals surface area contributed by atoms with Crippen LogP contribution in [0.3, 0.4) is 0 Å². The van der Waals surface area contributed by atoms with Crippen LogP contribution >= 0.6 is 11.3 Å². The molecule has 0 unspecified atom stereocenters. The van der Waals surface area contributed by atoms with E-state index in [9.17, 15) is 4.79 Å². The fourth-order valence-electron chi connectivity index (χ4n) is 1.61. The van der Waals surface area contributed by atoms with E-state index in [0.29, 0.717) is 5.92 Å². The van der Waals surface area contributed by atoms with E-state index in [4.69, 9.17) is 0 Å². The predicted molar refractivity (Wildman–Crippen MR) is 66.7 cm³/mol. The van der Waals surface area contributed by atoms with Crippen molar-refractivity contribution in [2.75, 3.05) is 0 Å². The van der Waals surface area contributed by atoms with Crippen LogP contribution in [0, 0.1) is 5.92 Å². The van der Waals surface area contributed by atoms with Crippen molar-refractivity contribution in [1.82, 2.24) is 10.2 Å². The lowest BCUT2D eigenvalue weighted by Crippen LogP contribution is -1.93. The van der Waals surface area contributed by atoms with Gasteiger partial charge in [0.1, 0.15) is 5.01 Å². The molecule has 2 aromatic rings. The first-order valence-electron chi connectivity index (χ1n) is 5.30. The van der Waals surface area contributed by atoms with Crippen molar-refractivity contribution in [3.63, 3.8) is 0 Å². The second-order valence-corrected chi connectivity index (χ2v) is 5.17. The van der Waals surface area contributed by atoms with E-state index in [1.807, 2.05) is 12.1 Å². The third-order valence-corrected chi connectivity index (χ3v) is 3.08. The summed E-state index contributed by atoms with van der Waals surface area (Å²) in [6, 6.07) is 8.23. The van der Waals surface area contributed by atoms with Crippen LogP contribution in [0.1, 0.15) is 19.4 Å². The summed E-state index contributed by atoms with van der Waals surface area (Å²) in [6.07, 6.45) is 1.08. The molecule has 1 aromatic carbocycles. The van der Waals surface area contributed by atoms with Crippen LogP contribution in [0.5, 0.6) is 0 Å². The van der Waals surface area contributed by atoms with Crippen LogP contribution in [0.2, 0.25) is 0 Å². The second kappa shape index (κ2) is 4.61. The average Bonchev–Trinajstić information content (AvgIpc) is 2.65. The maximum absolute atomic E-state index is 11.0. The molecule has 0 spiro atoms. The van der Waals surface area contributed by atoms with Gasteiger partial charge in [0.2, 0.25) is 0 Å². The van der Waals surface area contributed by atoms with Crippen LogP contribution in [0.4, 0.5) is 0 Å². The van der Waals surface area contributed by atoms with E-state index >= 15 is 0 Å². The van der Waals surface area contributed by atoms with Crippen molar-refractivity contribution < 1.29 is 0 Å². The van der Waals surface area contributed by atoms with Crippen molar-refractivity contribution >= 4 is 11.3 Å². The Morgan fingerprint density at radius 1 is 1.31 bits per heavy atom. The molecule has 0 radical (unpaired) electrons. The monoisotopic (exact) mass is 234 g/mol. The zero-order valence-corrected chi connectivity index (χ0v) is 10.2. The summed E-state index contributed by atoms with van der Waals surface area (Å²) in [5, 5.41) is 7.14. The highest BCUT2D eigenvalue weighted by Gasteiger charge is 2.03. The lowest BCUT2D eigenvalue weighted by atomic mass is 10.0. The highest BCUT2D eigenvalue weighted by Crippen LogP contribution is 2.19. The molecular weight excluding hydrogens is 220 g/mol. The Bertz CT molecular complexity index is 510. The van der Waals surface area contributed by atoms with Crippen LogP contribution < -0.4 is 4.87 Å². The molecular formula is C12H14N2OS. The molecule has 1 heterocycles. The van der Waals surface area contributed by atoms with Crippen LogP contribution in [-0.4, -0.2) is 10.2 Å². The van der Waals surface area contributed by atoms with E-state index in [1.165, 1.54) is 5.56 Å². The molecule has 0 atom stereocenters. The smallest absolute Gasteiger partial charge is 0.255 e. The van der Waals surface area contributed by atoms with Crippen molar-refractivity contribution in [1.29, 1.82) is 0 Å². The molecule has 0 aliphatic rings. The van der Waals surface area contributed by atoms with Crippen LogP contribution in [0.15, 0.2) is 29.1 Å². The maximum atomic E-state index is 11.0. The highest BCUT2D eigenvalue weighted by molar-refractivity contribution is 7.12. The minimum absolute atomic E-state index is 0.110. The van der Waals surface area contributed by atoms with Crippen molar-refractivity contribution in [2.45, 2.75) is 20.3 Å². The van der Waals surface area contributed by atoms with Gasteiger partial charge in [-0.1, -0.05) is 49.4 Å². The van der Waals surface area contributed by atoms with Gasteiger partial charge in [-0.2, -0.15) is 5.10 Å². The summed E-state index contributed by atoms with van der Waals surface area (Å²) in [5.74, 6) is 0.660. The van der Waals surface area contributed by atoms with E-state index in [2.05, 4.69) is 36.2 Å². The third-order valence-electron chi connectivity index (χ3n) is 2.28. The first-order chi connectivity index (χ1) is 7.65. The van der Waals surface area contributed by atoms with Gasteiger partial charge < -0.3 is 0 Å². The van der Waals surface area contributed by atoms with Crippen LogP contribution in [0.25, 0.3) is 10.6 Å². The molecule has 0 fully saturated rings. The largest absolute Gasteiger partial charge is 0.322 e. The van der Waals surface area contributed by atoms with Gasteiger partial charge in [-0.25, -0.2) is 5.10 Å². The molecule has 0 amide bonds. The summed E-state index contributed by atoms with van der Waals surface area (Å²) < 4.78 is 0. The molecule has 16 heavy (non-hydrogen) atoms. The van der Waals surface area contributed by atoms with Gasteiger partial charge >= 0.3 is 4.87 Å². The predicted octanol–water partition coefficient (Wildman–Crippen LogP) is 2.70. The van der Waals surface area contributed by atoms with Gasteiger partial charge in [0.15, 0.2) is 0 Å². The van der Waals surface area contributed by atoms with E-state index in [-0.39, 0.29) is 4.87 Å². The minimum Gasteiger partial charge on any atom is -0.255 e. The lowest BCUT2D eigenvalue weighted by Gasteiger charge is -2.04. The fourth-order valence-corrected chi connectivity index (χ4v) is 2.22. The number of hydrogen-bond donors (Lipinski definition) is 1. The van der Waals surface area contributed by atoms with Gasteiger partial charge in [0, 0.05) is 5.56 Å². The van der Waals surface area contributed by atoms with E-state index in [1.54, 1.807) is 0 Å².